The highest BCUT2D eigenvalue weighted by molar-refractivity contribution is 6.37. The van der Waals surface area contributed by atoms with Crippen molar-refractivity contribution in [3.05, 3.63) is 45.2 Å². The number of hydrogen-bond acceptors (Lipinski definition) is 9. The van der Waals surface area contributed by atoms with E-state index < -0.39 is 23.8 Å². The molecule has 0 saturated carbocycles. The molecule has 0 aliphatic heterocycles. The van der Waals surface area contributed by atoms with Gasteiger partial charge in [-0.25, -0.2) is 0 Å². The quantitative estimate of drug-likeness (QED) is 0.225. The lowest BCUT2D eigenvalue weighted by atomic mass is 9.74. The van der Waals surface area contributed by atoms with Crippen molar-refractivity contribution in [3.63, 3.8) is 0 Å². The van der Waals surface area contributed by atoms with Crippen LogP contribution >= 0.6 is 0 Å². The summed E-state index contributed by atoms with van der Waals surface area (Å²) < 4.78 is 22.5. The first-order chi connectivity index (χ1) is 18.6. The maximum atomic E-state index is 14.0. The molecule has 4 aromatic carbocycles. The van der Waals surface area contributed by atoms with Gasteiger partial charge in [-0.2, -0.15) is 0 Å². The van der Waals surface area contributed by atoms with E-state index in [1.165, 1.54) is 47.5 Å². The van der Waals surface area contributed by atoms with Crippen LogP contribution in [-0.4, -0.2) is 62.1 Å². The molecule has 4 aromatic rings. The molecule has 39 heavy (non-hydrogen) atoms. The molecule has 2 aliphatic carbocycles. The Kier molecular flexibility index (Phi) is 5.40. The summed E-state index contributed by atoms with van der Waals surface area (Å²) in [4.78, 5) is 40.9. The van der Waals surface area contributed by atoms with Crippen LogP contribution in [-0.2, 0) is 20.7 Å². The summed E-state index contributed by atoms with van der Waals surface area (Å²) in [6.07, 6.45) is -2.00. The number of carbonyl (C=O) groups excluding carboxylic acids is 3. The second kappa shape index (κ2) is 8.39. The van der Waals surface area contributed by atoms with E-state index in [-0.39, 0.29) is 62.5 Å². The van der Waals surface area contributed by atoms with E-state index in [9.17, 15) is 24.6 Å². The Bertz CT molecular complexity index is 1880. The van der Waals surface area contributed by atoms with Gasteiger partial charge in [-0.1, -0.05) is 0 Å². The maximum Gasteiger partial charge on any atom is 0.230 e. The highest BCUT2D eigenvalue weighted by atomic mass is 16.5. The second-order valence-corrected chi connectivity index (χ2v) is 9.92. The lowest BCUT2D eigenvalue weighted by molar-refractivity contribution is -0.124. The fraction of sp³-hybridized carbons (Fsp3) is 0.300. The topological polar surface area (TPSA) is 129 Å². The summed E-state index contributed by atoms with van der Waals surface area (Å²) >= 11 is 0. The van der Waals surface area contributed by atoms with E-state index in [0.29, 0.717) is 38.1 Å². The molecule has 0 fully saturated rings. The number of hydrogen-bond donors (Lipinski definition) is 2. The number of ether oxygens (including phenoxy) is 4. The van der Waals surface area contributed by atoms with Gasteiger partial charge in [0.1, 0.15) is 29.5 Å². The number of phenolic OH excluding ortho intramolecular Hbond substituents is 1. The molecule has 0 saturated heterocycles. The van der Waals surface area contributed by atoms with Crippen LogP contribution in [0.4, 0.5) is 0 Å². The second-order valence-electron chi connectivity index (χ2n) is 9.92. The number of rotatable bonds is 5. The zero-order chi connectivity index (χ0) is 28.1. The molecule has 0 radical (unpaired) electrons. The Labute approximate surface area is 222 Å². The molecular weight excluding hydrogens is 504 g/mol. The van der Waals surface area contributed by atoms with Gasteiger partial charge in [-0.15, -0.1) is 0 Å². The normalized spacial score (nSPS) is 18.5. The first kappa shape index (κ1) is 25.1. The minimum Gasteiger partial charge on any atom is -0.507 e. The van der Waals surface area contributed by atoms with Gasteiger partial charge < -0.3 is 29.2 Å². The molecule has 2 unspecified atom stereocenters. The predicted octanol–water partition coefficient (Wildman–Crippen LogP) is 3.79. The monoisotopic (exact) mass is 530 g/mol. The molecule has 0 spiro atoms. The van der Waals surface area contributed by atoms with Gasteiger partial charge in [0.05, 0.1) is 19.6 Å². The van der Waals surface area contributed by atoms with Crippen molar-refractivity contribution in [1.82, 2.24) is 0 Å². The van der Waals surface area contributed by atoms with E-state index in [1.807, 2.05) is 0 Å². The highest BCUT2D eigenvalue weighted by Crippen LogP contribution is 2.52. The summed E-state index contributed by atoms with van der Waals surface area (Å²) in [6, 6.07) is 2.94. The summed E-state index contributed by atoms with van der Waals surface area (Å²) in [7, 11) is 5.64. The van der Waals surface area contributed by atoms with Crippen molar-refractivity contribution in [2.45, 2.75) is 32.5 Å². The molecule has 0 bridgehead atoms. The number of ketones is 3. The molecule has 9 nitrogen and oxygen atoms in total. The van der Waals surface area contributed by atoms with Crippen LogP contribution in [0.5, 0.6) is 17.2 Å². The lowest BCUT2D eigenvalue weighted by Gasteiger charge is -2.31. The van der Waals surface area contributed by atoms with Crippen LogP contribution in [0.15, 0.2) is 12.1 Å². The molecular formula is C30H26O9. The number of methoxy groups -OCH3 is 4. The third-order valence-electron chi connectivity index (χ3n) is 8.21. The van der Waals surface area contributed by atoms with Crippen LogP contribution in [0.1, 0.15) is 50.4 Å². The minimum atomic E-state index is -1.33. The fourth-order valence-electron chi connectivity index (χ4n) is 6.64. The lowest BCUT2D eigenvalue weighted by Crippen LogP contribution is -2.31. The van der Waals surface area contributed by atoms with Crippen molar-refractivity contribution in [3.8, 4) is 17.2 Å². The first-order valence-electron chi connectivity index (χ1n) is 12.4. The van der Waals surface area contributed by atoms with Gasteiger partial charge in [0.2, 0.25) is 5.78 Å². The van der Waals surface area contributed by atoms with Crippen molar-refractivity contribution in [1.29, 1.82) is 0 Å². The van der Waals surface area contributed by atoms with E-state index in [0.717, 1.165) is 0 Å². The Hall–Kier alpha value is -4.21. The molecule has 6 rings (SSSR count). The van der Waals surface area contributed by atoms with E-state index in [1.54, 1.807) is 6.92 Å². The number of fused-ring (bicyclic) bond motifs is 1. The molecule has 2 N–H and O–H groups in total. The number of aliphatic hydroxyl groups is 1. The van der Waals surface area contributed by atoms with Crippen LogP contribution in [0.2, 0.25) is 0 Å². The molecule has 2 atom stereocenters. The average molecular weight is 531 g/mol. The maximum absolute atomic E-state index is 14.0. The summed E-state index contributed by atoms with van der Waals surface area (Å²) in [6.45, 7) is 3.18. The third-order valence-corrected chi connectivity index (χ3v) is 8.21. The predicted molar refractivity (Wildman–Crippen MR) is 143 cm³/mol. The minimum absolute atomic E-state index is 0.139. The number of aromatic hydroxyl groups is 1. The van der Waals surface area contributed by atoms with Gasteiger partial charge in [-0.05, 0) is 41.8 Å². The number of phenols is 1. The van der Waals surface area contributed by atoms with Crippen molar-refractivity contribution >= 4 is 55.4 Å². The highest BCUT2D eigenvalue weighted by Gasteiger charge is 2.41. The van der Waals surface area contributed by atoms with Crippen molar-refractivity contribution < 1.29 is 43.5 Å². The largest absolute Gasteiger partial charge is 0.507 e. The summed E-state index contributed by atoms with van der Waals surface area (Å²) in [5.74, 6) is -1.67. The van der Waals surface area contributed by atoms with Crippen LogP contribution in [0.3, 0.4) is 0 Å². The van der Waals surface area contributed by atoms with Crippen molar-refractivity contribution in [2.24, 2.45) is 0 Å². The SMILES string of the molecule is COc1cc(O)c2c3c4c(c(C)c(C(C)=O)c5c4c4c(cc(OC)c1c24)=C(O)C(=O)C5OC)CC(OC)C3=O. The fourth-order valence-corrected chi connectivity index (χ4v) is 6.64. The Morgan fingerprint density at radius 1 is 0.846 bits per heavy atom. The van der Waals surface area contributed by atoms with Gasteiger partial charge in [-0.3, -0.25) is 14.4 Å². The summed E-state index contributed by atoms with van der Waals surface area (Å²) in [5.41, 5.74) is 2.05. The number of carbonyl (C=O) groups is 3. The van der Waals surface area contributed by atoms with Gasteiger partial charge in [0.15, 0.2) is 17.3 Å². The number of Topliss-reactive ketones (excluding diaryl/α,β-unsaturated/α-hetero) is 3. The summed E-state index contributed by atoms with van der Waals surface area (Å²) in [5, 5.41) is 25.2. The molecule has 0 aromatic heterocycles. The van der Waals surface area contributed by atoms with Gasteiger partial charge in [0, 0.05) is 64.8 Å². The van der Waals surface area contributed by atoms with Gasteiger partial charge in [0.25, 0.3) is 0 Å². The van der Waals surface area contributed by atoms with Crippen LogP contribution in [0.25, 0.3) is 38.1 Å². The molecule has 200 valence electrons. The van der Waals surface area contributed by atoms with Crippen LogP contribution in [0, 0.1) is 6.92 Å². The molecule has 0 amide bonds. The smallest absolute Gasteiger partial charge is 0.230 e. The zero-order valence-corrected chi connectivity index (χ0v) is 22.3. The van der Waals surface area contributed by atoms with Gasteiger partial charge >= 0.3 is 0 Å². The first-order valence-corrected chi connectivity index (χ1v) is 12.4. The third kappa shape index (κ3) is 2.94. The Morgan fingerprint density at radius 3 is 2.10 bits per heavy atom. The van der Waals surface area contributed by atoms with E-state index in [2.05, 4.69) is 0 Å². The van der Waals surface area contributed by atoms with Crippen LogP contribution < -0.4 is 14.7 Å². The molecule has 0 heterocycles. The Morgan fingerprint density at radius 2 is 1.51 bits per heavy atom. The number of benzene rings is 4. The van der Waals surface area contributed by atoms with E-state index >= 15 is 0 Å². The molecule has 2 aliphatic rings. The zero-order valence-electron chi connectivity index (χ0n) is 22.3. The average Bonchev–Trinajstić information content (AvgIpc) is 3.00. The number of aliphatic hydroxyl groups excluding tert-OH is 1. The molecule has 9 heteroatoms. The Balaban J connectivity index is 2.13. The van der Waals surface area contributed by atoms with Crippen molar-refractivity contribution in [2.75, 3.05) is 28.4 Å². The standard InChI is InChI=1S/C30H26O9/c1-10-12-7-17(38-5)28(34)25-19(12)23-20-13(27(33)29(35)30(39-6)26(23)18(10)11(2)31)8-15(36-3)22-16(37-4)9-14(32)21(25)24(20)22/h8-9,17,30,32-33H,7H2,1-6H3. The van der Waals surface area contributed by atoms with E-state index in [4.69, 9.17) is 18.9 Å².